The van der Waals surface area contributed by atoms with Crippen molar-refractivity contribution in [2.75, 3.05) is 7.11 Å². The molecule has 3 aromatic carbocycles. The van der Waals surface area contributed by atoms with Crippen LogP contribution in [0.3, 0.4) is 0 Å². The van der Waals surface area contributed by atoms with Gasteiger partial charge in [-0.1, -0.05) is 30.3 Å². The van der Waals surface area contributed by atoms with Gasteiger partial charge in [0, 0.05) is 10.9 Å². The fraction of sp³-hybridized carbons (Fsp3) is 0.148. The fourth-order valence-corrected chi connectivity index (χ4v) is 3.51. The van der Waals surface area contributed by atoms with Crippen molar-refractivity contribution in [2.45, 2.75) is 20.0 Å². The summed E-state index contributed by atoms with van der Waals surface area (Å²) in [6.45, 7) is 3.94. The quantitative estimate of drug-likeness (QED) is 0.296. The Labute approximate surface area is 197 Å². The predicted octanol–water partition coefficient (Wildman–Crippen LogP) is 5.17. The molecule has 7 nitrogen and oxygen atoms in total. The number of phenolic OH excluding ortho intramolecular Hbond substituents is 1. The number of phenols is 1. The van der Waals surface area contributed by atoms with Crippen molar-refractivity contribution in [1.82, 2.24) is 10.4 Å². The van der Waals surface area contributed by atoms with Gasteiger partial charge < -0.3 is 14.6 Å². The van der Waals surface area contributed by atoms with Crippen LogP contribution < -0.4 is 14.9 Å². The van der Waals surface area contributed by atoms with Crippen LogP contribution in [0.25, 0.3) is 22.2 Å². The first-order valence-corrected chi connectivity index (χ1v) is 10.8. The van der Waals surface area contributed by atoms with E-state index in [1.807, 2.05) is 62.4 Å². The van der Waals surface area contributed by atoms with Crippen LogP contribution in [0.4, 0.5) is 0 Å². The van der Waals surface area contributed by atoms with Gasteiger partial charge in [0.05, 0.1) is 36.2 Å². The number of aromatic hydroxyl groups is 1. The zero-order valence-corrected chi connectivity index (χ0v) is 19.1. The number of rotatable bonds is 7. The Morgan fingerprint density at radius 3 is 2.68 bits per heavy atom. The molecule has 7 heteroatoms. The molecular formula is C27H25N3O4. The number of benzene rings is 3. The molecule has 0 radical (unpaired) electrons. The lowest BCUT2D eigenvalue weighted by atomic mass is 10.0. The lowest BCUT2D eigenvalue weighted by Crippen LogP contribution is -2.18. The van der Waals surface area contributed by atoms with Crippen molar-refractivity contribution in [1.29, 1.82) is 0 Å². The third-order valence-corrected chi connectivity index (χ3v) is 5.05. The van der Waals surface area contributed by atoms with Crippen LogP contribution in [0.1, 0.15) is 29.8 Å². The molecule has 1 heterocycles. The molecule has 2 N–H and O–H groups in total. The average molecular weight is 456 g/mol. The maximum absolute atomic E-state index is 13.1. The maximum atomic E-state index is 13.1. The molecule has 0 saturated carbocycles. The Kier molecular flexibility index (Phi) is 6.73. The second-order valence-electron chi connectivity index (χ2n) is 7.90. The van der Waals surface area contributed by atoms with Crippen molar-refractivity contribution >= 4 is 23.0 Å². The minimum Gasteiger partial charge on any atom is -0.504 e. The van der Waals surface area contributed by atoms with Crippen molar-refractivity contribution in [2.24, 2.45) is 5.10 Å². The maximum Gasteiger partial charge on any atom is 0.272 e. The van der Waals surface area contributed by atoms with Crippen LogP contribution in [-0.4, -0.2) is 35.4 Å². The van der Waals surface area contributed by atoms with Crippen LogP contribution in [-0.2, 0) is 0 Å². The minimum absolute atomic E-state index is 0.0299. The Balaban J connectivity index is 1.65. The monoisotopic (exact) mass is 455 g/mol. The molecular weight excluding hydrogens is 430 g/mol. The van der Waals surface area contributed by atoms with E-state index < -0.39 is 0 Å². The van der Waals surface area contributed by atoms with Gasteiger partial charge in [0.1, 0.15) is 5.75 Å². The molecule has 0 aliphatic rings. The largest absolute Gasteiger partial charge is 0.504 e. The standard InChI is InChI=1S/C27H25N3O4/c1-17(2)34-20-8-6-7-19(14-20)24-15-22(21-9-4-5-10-23(21)29-24)27(32)30-28-16-18-11-12-25(31)26(13-18)33-3/h4-17,31H,1-3H3,(H,30,32)/b28-16+. The van der Waals surface area contributed by atoms with Crippen LogP contribution in [0.15, 0.2) is 77.9 Å². The van der Waals surface area contributed by atoms with E-state index >= 15 is 0 Å². The number of aromatic nitrogens is 1. The first-order chi connectivity index (χ1) is 16.4. The molecule has 1 amide bonds. The Morgan fingerprint density at radius 2 is 1.88 bits per heavy atom. The second kappa shape index (κ2) is 10.0. The third-order valence-electron chi connectivity index (χ3n) is 5.05. The van der Waals surface area contributed by atoms with Gasteiger partial charge in [-0.2, -0.15) is 5.10 Å². The van der Waals surface area contributed by atoms with Crippen molar-refractivity contribution < 1.29 is 19.4 Å². The number of nitrogens with one attached hydrogen (secondary N) is 1. The number of nitrogens with zero attached hydrogens (tertiary/aromatic N) is 2. The van der Waals surface area contributed by atoms with Crippen LogP contribution in [0.5, 0.6) is 17.2 Å². The number of amides is 1. The van der Waals surface area contributed by atoms with E-state index in [-0.39, 0.29) is 17.8 Å². The molecule has 0 atom stereocenters. The Bertz CT molecular complexity index is 1370. The highest BCUT2D eigenvalue weighted by molar-refractivity contribution is 6.07. The number of hydrogen-bond acceptors (Lipinski definition) is 6. The van der Waals surface area contributed by atoms with Gasteiger partial charge in [0.25, 0.3) is 5.91 Å². The summed E-state index contributed by atoms with van der Waals surface area (Å²) in [7, 11) is 1.47. The lowest BCUT2D eigenvalue weighted by molar-refractivity contribution is 0.0956. The fourth-order valence-electron chi connectivity index (χ4n) is 3.51. The van der Waals surface area contributed by atoms with Gasteiger partial charge in [-0.15, -0.1) is 0 Å². The van der Waals surface area contributed by atoms with E-state index in [1.54, 1.807) is 18.2 Å². The highest BCUT2D eigenvalue weighted by atomic mass is 16.5. The zero-order valence-electron chi connectivity index (χ0n) is 19.1. The first kappa shape index (κ1) is 22.8. The van der Waals surface area contributed by atoms with Gasteiger partial charge in [0.2, 0.25) is 0 Å². The van der Waals surface area contributed by atoms with Crippen LogP contribution >= 0.6 is 0 Å². The minimum atomic E-state index is -0.364. The van der Waals surface area contributed by atoms with E-state index in [4.69, 9.17) is 14.5 Å². The molecule has 0 spiro atoms. The number of hydrazone groups is 1. The molecule has 0 fully saturated rings. The van der Waals surface area contributed by atoms with Gasteiger partial charge in [-0.3, -0.25) is 4.79 Å². The molecule has 0 bridgehead atoms. The number of ether oxygens (including phenoxy) is 2. The van der Waals surface area contributed by atoms with Gasteiger partial charge in [-0.05, 0) is 61.9 Å². The Morgan fingerprint density at radius 1 is 1.06 bits per heavy atom. The summed E-state index contributed by atoms with van der Waals surface area (Å²) in [4.78, 5) is 17.8. The third kappa shape index (κ3) is 5.15. The average Bonchev–Trinajstić information content (AvgIpc) is 2.84. The number of carbonyl (C=O) groups excluding carboxylic acids is 1. The number of pyridine rings is 1. The SMILES string of the molecule is COc1cc(/C=N/NC(=O)c2cc(-c3cccc(OC(C)C)c3)nc3ccccc23)ccc1O. The van der Waals surface area contributed by atoms with E-state index in [1.165, 1.54) is 19.4 Å². The summed E-state index contributed by atoms with van der Waals surface area (Å²) >= 11 is 0. The number of carbonyl (C=O) groups is 1. The molecule has 0 aliphatic carbocycles. The van der Waals surface area contributed by atoms with Crippen LogP contribution in [0.2, 0.25) is 0 Å². The van der Waals surface area contributed by atoms with E-state index in [2.05, 4.69) is 10.5 Å². The molecule has 172 valence electrons. The number of methoxy groups -OCH3 is 1. The summed E-state index contributed by atoms with van der Waals surface area (Å²) in [5.41, 5.74) is 5.91. The normalized spacial score (nSPS) is 11.2. The van der Waals surface area contributed by atoms with Crippen molar-refractivity contribution in [3.63, 3.8) is 0 Å². The zero-order chi connectivity index (χ0) is 24.1. The highest BCUT2D eigenvalue weighted by Gasteiger charge is 2.14. The molecule has 0 aliphatic heterocycles. The first-order valence-electron chi connectivity index (χ1n) is 10.8. The predicted molar refractivity (Wildman–Crippen MR) is 133 cm³/mol. The van der Waals surface area contributed by atoms with Gasteiger partial charge in [0.15, 0.2) is 11.5 Å². The smallest absolute Gasteiger partial charge is 0.272 e. The van der Waals surface area contributed by atoms with E-state index in [0.29, 0.717) is 28.1 Å². The summed E-state index contributed by atoms with van der Waals surface area (Å²) in [6, 6.07) is 21.7. The second-order valence-corrected chi connectivity index (χ2v) is 7.90. The van der Waals surface area contributed by atoms with Crippen LogP contribution in [0, 0.1) is 0 Å². The molecule has 34 heavy (non-hydrogen) atoms. The molecule has 4 aromatic rings. The van der Waals surface area contributed by atoms with Gasteiger partial charge >= 0.3 is 0 Å². The molecule has 1 aromatic heterocycles. The number of para-hydroxylation sites is 1. The summed E-state index contributed by atoms with van der Waals surface area (Å²) in [6.07, 6.45) is 1.53. The van der Waals surface area contributed by atoms with E-state index in [0.717, 1.165) is 16.7 Å². The van der Waals surface area contributed by atoms with Crippen molar-refractivity contribution in [3.05, 3.63) is 83.9 Å². The summed E-state index contributed by atoms with van der Waals surface area (Å²) in [5, 5.41) is 14.5. The van der Waals surface area contributed by atoms with Crippen molar-refractivity contribution in [3.8, 4) is 28.5 Å². The molecule has 0 saturated heterocycles. The summed E-state index contributed by atoms with van der Waals surface area (Å²) < 4.78 is 10.9. The topological polar surface area (TPSA) is 93.0 Å². The number of fused-ring (bicyclic) bond motifs is 1. The highest BCUT2D eigenvalue weighted by Crippen LogP contribution is 2.28. The number of hydrogen-bond donors (Lipinski definition) is 2. The summed E-state index contributed by atoms with van der Waals surface area (Å²) in [5.74, 6) is 0.727. The lowest BCUT2D eigenvalue weighted by Gasteiger charge is -2.12. The molecule has 4 rings (SSSR count). The van der Waals surface area contributed by atoms with E-state index in [9.17, 15) is 9.90 Å². The Hall–Kier alpha value is -4.39. The van der Waals surface area contributed by atoms with Gasteiger partial charge in [-0.25, -0.2) is 10.4 Å². The molecule has 0 unspecified atom stereocenters.